The number of hydrogen-bond donors (Lipinski definition) is 0. The summed E-state index contributed by atoms with van der Waals surface area (Å²) >= 11 is 11.6. The van der Waals surface area contributed by atoms with Gasteiger partial charge in [-0.05, 0) is 62.3 Å². The number of aromatic nitrogens is 1. The Morgan fingerprint density at radius 1 is 0.844 bits per heavy atom. The number of benzene rings is 2. The molecule has 1 aromatic heterocycles. The van der Waals surface area contributed by atoms with Crippen LogP contribution in [0.4, 0.5) is 0 Å². The van der Waals surface area contributed by atoms with Gasteiger partial charge in [0.1, 0.15) is 0 Å². The van der Waals surface area contributed by atoms with Gasteiger partial charge in [0.05, 0.1) is 0 Å². The third-order valence-corrected chi connectivity index (χ3v) is 6.45. The second kappa shape index (κ2) is 11.8. The van der Waals surface area contributed by atoms with E-state index in [0.717, 1.165) is 54.4 Å². The lowest BCUT2D eigenvalue weighted by Gasteiger charge is -2.20. The molecule has 0 saturated carbocycles. The molecule has 0 fully saturated rings. The van der Waals surface area contributed by atoms with Gasteiger partial charge in [-0.15, -0.1) is 23.2 Å². The number of nitrogens with zero attached hydrogens (tertiary/aromatic N) is 2. The molecule has 0 radical (unpaired) electrons. The zero-order valence-corrected chi connectivity index (χ0v) is 20.5. The maximum Gasteiger partial charge on any atom is 0.164 e. The third kappa shape index (κ3) is 5.54. The summed E-state index contributed by atoms with van der Waals surface area (Å²) in [7, 11) is 0. The Bertz CT molecular complexity index is 1090. The van der Waals surface area contributed by atoms with E-state index in [2.05, 4.69) is 23.3 Å². The quantitative estimate of drug-likeness (QED) is 0.208. The lowest BCUT2D eigenvalue weighted by Crippen LogP contribution is -2.28. The van der Waals surface area contributed by atoms with Gasteiger partial charge in [0.15, 0.2) is 11.6 Å². The van der Waals surface area contributed by atoms with Crippen molar-refractivity contribution < 1.29 is 9.59 Å². The summed E-state index contributed by atoms with van der Waals surface area (Å²) in [5.74, 6) is 0.924. The first-order valence-corrected chi connectivity index (χ1v) is 12.6. The van der Waals surface area contributed by atoms with Crippen molar-refractivity contribution in [1.82, 2.24) is 9.47 Å². The molecule has 0 aliphatic heterocycles. The maximum absolute atomic E-state index is 12.6. The van der Waals surface area contributed by atoms with Crippen LogP contribution in [0.15, 0.2) is 36.4 Å². The van der Waals surface area contributed by atoms with Crippen molar-refractivity contribution in [2.24, 2.45) is 0 Å². The molecule has 0 aliphatic rings. The normalized spacial score (nSPS) is 11.7. The Morgan fingerprint density at radius 3 is 1.94 bits per heavy atom. The molecule has 0 bridgehead atoms. The maximum atomic E-state index is 12.6. The van der Waals surface area contributed by atoms with E-state index in [4.69, 9.17) is 23.2 Å². The number of halogens is 2. The lowest BCUT2D eigenvalue weighted by molar-refractivity contribution is 0.0977. The predicted octanol–water partition coefficient (Wildman–Crippen LogP) is 6.54. The number of hydrogen-bond acceptors (Lipinski definition) is 3. The number of rotatable bonds is 13. The van der Waals surface area contributed by atoms with Crippen molar-refractivity contribution in [3.05, 3.63) is 47.5 Å². The lowest BCUT2D eigenvalue weighted by atomic mass is 10.0. The van der Waals surface area contributed by atoms with Crippen LogP contribution in [0.3, 0.4) is 0 Å². The molecule has 3 aromatic rings. The van der Waals surface area contributed by atoms with Gasteiger partial charge in [0, 0.05) is 70.6 Å². The molecule has 1 heterocycles. The number of ketones is 2. The minimum atomic E-state index is 0.0391. The van der Waals surface area contributed by atoms with E-state index in [1.165, 1.54) is 0 Å². The minimum Gasteiger partial charge on any atom is -0.339 e. The van der Waals surface area contributed by atoms with Crippen molar-refractivity contribution in [3.63, 3.8) is 0 Å². The molecule has 0 amide bonds. The molecule has 172 valence electrons. The predicted molar refractivity (Wildman–Crippen MR) is 136 cm³/mol. The topological polar surface area (TPSA) is 42.3 Å². The molecule has 0 N–H and O–H groups in total. The Labute approximate surface area is 200 Å². The molecular formula is C26H32Cl2N2O2. The van der Waals surface area contributed by atoms with Crippen LogP contribution in [0, 0.1) is 0 Å². The van der Waals surface area contributed by atoms with E-state index in [1.807, 2.05) is 36.4 Å². The van der Waals surface area contributed by atoms with Gasteiger partial charge >= 0.3 is 0 Å². The first kappa shape index (κ1) is 24.8. The molecule has 2 aromatic carbocycles. The average molecular weight is 475 g/mol. The molecule has 0 spiro atoms. The van der Waals surface area contributed by atoms with E-state index in [9.17, 15) is 9.59 Å². The fourth-order valence-corrected chi connectivity index (χ4v) is 4.58. The van der Waals surface area contributed by atoms with Gasteiger partial charge in [0.2, 0.25) is 0 Å². The molecular weight excluding hydrogens is 443 g/mol. The highest BCUT2D eigenvalue weighted by Gasteiger charge is 2.16. The molecule has 0 aliphatic carbocycles. The summed E-state index contributed by atoms with van der Waals surface area (Å²) < 4.78 is 2.31. The number of fused-ring (bicyclic) bond motifs is 3. The molecule has 6 heteroatoms. The second-order valence-electron chi connectivity index (χ2n) is 8.13. The highest BCUT2D eigenvalue weighted by Crippen LogP contribution is 2.31. The van der Waals surface area contributed by atoms with Crippen LogP contribution in [0.5, 0.6) is 0 Å². The van der Waals surface area contributed by atoms with Gasteiger partial charge < -0.3 is 9.47 Å². The number of Topliss-reactive ketones (excluding diaryl/α,β-unsaturated/α-hetero) is 2. The summed E-state index contributed by atoms with van der Waals surface area (Å²) in [6.07, 6.45) is 2.55. The Morgan fingerprint density at radius 2 is 1.44 bits per heavy atom. The highest BCUT2D eigenvalue weighted by atomic mass is 35.5. The number of carbonyl (C=O) groups is 2. The van der Waals surface area contributed by atoms with Gasteiger partial charge in [-0.1, -0.05) is 13.8 Å². The molecule has 3 rings (SSSR count). The second-order valence-corrected chi connectivity index (χ2v) is 8.88. The van der Waals surface area contributed by atoms with Crippen LogP contribution in [0.25, 0.3) is 21.8 Å². The summed E-state index contributed by atoms with van der Waals surface area (Å²) in [6, 6.07) is 11.8. The molecule has 0 unspecified atom stereocenters. The molecule has 0 atom stereocenters. The monoisotopic (exact) mass is 474 g/mol. The van der Waals surface area contributed by atoms with Gasteiger partial charge in [-0.2, -0.15) is 0 Å². The minimum absolute atomic E-state index is 0.0391. The fourth-order valence-electron chi connectivity index (χ4n) is 4.28. The Balaban J connectivity index is 2.09. The van der Waals surface area contributed by atoms with Crippen LogP contribution in [0.1, 0.15) is 60.2 Å². The number of alkyl halides is 2. The van der Waals surface area contributed by atoms with Crippen LogP contribution in [-0.2, 0) is 6.54 Å². The van der Waals surface area contributed by atoms with Crippen LogP contribution in [0.2, 0.25) is 0 Å². The summed E-state index contributed by atoms with van der Waals surface area (Å²) in [5.41, 5.74) is 3.53. The van der Waals surface area contributed by atoms with Gasteiger partial charge in [-0.3, -0.25) is 9.59 Å². The van der Waals surface area contributed by atoms with Crippen molar-refractivity contribution in [2.45, 2.75) is 46.1 Å². The Hall–Kier alpha value is -1.88. The largest absolute Gasteiger partial charge is 0.339 e. The first-order valence-electron chi connectivity index (χ1n) is 11.5. The van der Waals surface area contributed by atoms with Crippen LogP contribution < -0.4 is 0 Å². The van der Waals surface area contributed by atoms with E-state index >= 15 is 0 Å². The third-order valence-electron chi connectivity index (χ3n) is 5.99. The van der Waals surface area contributed by atoms with E-state index in [0.29, 0.717) is 42.1 Å². The van der Waals surface area contributed by atoms with Crippen molar-refractivity contribution in [3.8, 4) is 0 Å². The zero-order valence-electron chi connectivity index (χ0n) is 19.0. The Kier molecular flexibility index (Phi) is 9.15. The van der Waals surface area contributed by atoms with Crippen molar-refractivity contribution in [1.29, 1.82) is 0 Å². The standard InChI is InChI=1S/C26H32Cl2N2O2/c1-3-14-29(4-2)15-16-30-23-9-7-19(25(31)6-5-12-27)17-21(23)22-18-20(8-10-24(22)30)26(32)11-13-28/h7-10,17-18H,3-6,11-16H2,1-2H3. The summed E-state index contributed by atoms with van der Waals surface area (Å²) in [6.45, 7) is 8.28. The van der Waals surface area contributed by atoms with Gasteiger partial charge in [0.25, 0.3) is 0 Å². The molecule has 4 nitrogen and oxygen atoms in total. The first-order chi connectivity index (χ1) is 15.5. The SMILES string of the molecule is CCCN(CC)CCn1c2ccc(C(=O)CCCl)cc2c2cc(C(=O)CCCCl)ccc21. The fraction of sp³-hybridized carbons (Fsp3) is 0.462. The van der Waals surface area contributed by atoms with E-state index in [1.54, 1.807) is 0 Å². The van der Waals surface area contributed by atoms with Gasteiger partial charge in [-0.25, -0.2) is 0 Å². The zero-order chi connectivity index (χ0) is 23.1. The summed E-state index contributed by atoms with van der Waals surface area (Å²) in [4.78, 5) is 27.6. The summed E-state index contributed by atoms with van der Waals surface area (Å²) in [5, 5.41) is 2.02. The number of carbonyl (C=O) groups excluding carboxylic acids is 2. The van der Waals surface area contributed by atoms with Crippen LogP contribution in [-0.4, -0.2) is 52.4 Å². The number of likely N-dealkylation sites (N-methyl/N-ethyl adjacent to an activating group) is 1. The van der Waals surface area contributed by atoms with Crippen LogP contribution >= 0.6 is 23.2 Å². The molecule has 32 heavy (non-hydrogen) atoms. The average Bonchev–Trinajstić information content (AvgIpc) is 3.12. The molecule has 0 saturated heterocycles. The smallest absolute Gasteiger partial charge is 0.164 e. The van der Waals surface area contributed by atoms with Crippen molar-refractivity contribution in [2.75, 3.05) is 31.4 Å². The van der Waals surface area contributed by atoms with E-state index < -0.39 is 0 Å². The highest BCUT2D eigenvalue weighted by molar-refractivity contribution is 6.20. The van der Waals surface area contributed by atoms with Crippen molar-refractivity contribution >= 4 is 56.6 Å². The van der Waals surface area contributed by atoms with E-state index in [-0.39, 0.29) is 11.6 Å².